The molecule has 0 unspecified atom stereocenters. The third-order valence-electron chi connectivity index (χ3n) is 4.94. The lowest BCUT2D eigenvalue weighted by Gasteiger charge is -2.43. The first-order valence-electron chi connectivity index (χ1n) is 11.0. The number of methoxy groups -OCH3 is 1. The van der Waals surface area contributed by atoms with Crippen LogP contribution in [-0.2, 0) is 36.8 Å². The SMILES string of the molecule is CCOP(=O)(OCC)C1(P(=O)(OCC)OCC)CC(C(=O)c2ccccc2)=NN1CC(=O)OC. The van der Waals surface area contributed by atoms with Crippen molar-refractivity contribution in [2.45, 2.75) is 39.1 Å². The Balaban J connectivity index is 2.81. The molecular weight excluding hydrogens is 486 g/mol. The van der Waals surface area contributed by atoms with Crippen LogP contribution in [0, 0.1) is 0 Å². The van der Waals surface area contributed by atoms with E-state index in [1.165, 1.54) is 0 Å². The number of hydrogen-bond acceptors (Lipinski definition) is 11. The summed E-state index contributed by atoms with van der Waals surface area (Å²) >= 11 is 0. The minimum absolute atomic E-state index is 0.0781. The fourth-order valence-corrected chi connectivity index (χ4v) is 9.31. The van der Waals surface area contributed by atoms with Gasteiger partial charge in [-0.1, -0.05) is 30.3 Å². The van der Waals surface area contributed by atoms with Crippen LogP contribution in [0.4, 0.5) is 0 Å². The van der Waals surface area contributed by atoms with Gasteiger partial charge in [-0.15, -0.1) is 0 Å². The van der Waals surface area contributed by atoms with E-state index in [1.807, 2.05) is 0 Å². The monoisotopic (exact) mass is 518 g/mol. The smallest absolute Gasteiger partial charge is 0.370 e. The Morgan fingerprint density at radius 2 is 1.38 bits per heavy atom. The molecule has 190 valence electrons. The molecule has 0 aliphatic carbocycles. The van der Waals surface area contributed by atoms with Gasteiger partial charge in [-0.25, -0.2) is 0 Å². The molecule has 0 N–H and O–H groups in total. The highest BCUT2D eigenvalue weighted by Gasteiger charge is 2.72. The van der Waals surface area contributed by atoms with Crippen LogP contribution in [0.25, 0.3) is 0 Å². The molecule has 1 aliphatic rings. The normalized spacial score (nSPS) is 15.8. The second-order valence-electron chi connectivity index (χ2n) is 6.99. The maximum absolute atomic E-state index is 14.4. The van der Waals surface area contributed by atoms with Gasteiger partial charge in [-0.05, 0) is 27.7 Å². The van der Waals surface area contributed by atoms with Crippen molar-refractivity contribution in [3.8, 4) is 0 Å². The average Bonchev–Trinajstić information content (AvgIpc) is 3.21. The average molecular weight is 518 g/mol. The third-order valence-corrected chi connectivity index (χ3v) is 11.3. The van der Waals surface area contributed by atoms with Crippen molar-refractivity contribution >= 4 is 32.7 Å². The Hall–Kier alpha value is -1.87. The van der Waals surface area contributed by atoms with E-state index in [1.54, 1.807) is 58.0 Å². The van der Waals surface area contributed by atoms with Crippen LogP contribution in [0.3, 0.4) is 0 Å². The number of hydrazone groups is 1. The molecular formula is C21H32N2O9P2. The van der Waals surface area contributed by atoms with Gasteiger partial charge in [0.15, 0.2) is 0 Å². The van der Waals surface area contributed by atoms with Crippen molar-refractivity contribution in [2.75, 3.05) is 40.1 Å². The van der Waals surface area contributed by atoms with Gasteiger partial charge in [-0.2, -0.15) is 5.10 Å². The van der Waals surface area contributed by atoms with Gasteiger partial charge < -0.3 is 22.8 Å². The van der Waals surface area contributed by atoms with Gasteiger partial charge in [0.2, 0.25) is 5.78 Å². The highest BCUT2D eigenvalue weighted by atomic mass is 31.2. The molecule has 13 heteroatoms. The van der Waals surface area contributed by atoms with Gasteiger partial charge in [0.25, 0.3) is 5.02 Å². The molecule has 0 atom stereocenters. The highest BCUT2D eigenvalue weighted by Crippen LogP contribution is 2.81. The minimum atomic E-state index is -4.43. The molecule has 1 aliphatic heterocycles. The van der Waals surface area contributed by atoms with Crippen molar-refractivity contribution in [1.29, 1.82) is 0 Å². The standard InChI is InChI=1S/C21H32N2O9P2/c1-6-29-33(26,30-7-2)21(34(27,31-8-3)32-9-4)15-18(22-23(21)16-19(24)28-5)20(25)17-13-11-10-12-14-17/h10-14H,6-9,15-16H2,1-5H3. The lowest BCUT2D eigenvalue weighted by molar-refractivity contribution is -0.142. The molecule has 11 nitrogen and oxygen atoms in total. The van der Waals surface area contributed by atoms with E-state index in [0.717, 1.165) is 12.1 Å². The number of rotatable bonds is 14. The molecule has 0 fully saturated rings. The van der Waals surface area contributed by atoms with Crippen molar-refractivity contribution in [2.24, 2.45) is 5.10 Å². The number of carbonyl (C=O) groups is 2. The molecule has 0 radical (unpaired) electrons. The molecule has 0 aromatic heterocycles. The second kappa shape index (κ2) is 12.2. The summed E-state index contributed by atoms with van der Waals surface area (Å²) < 4.78 is 55.9. The van der Waals surface area contributed by atoms with Crippen LogP contribution < -0.4 is 0 Å². The Morgan fingerprint density at radius 3 is 1.79 bits per heavy atom. The predicted molar refractivity (Wildman–Crippen MR) is 126 cm³/mol. The van der Waals surface area contributed by atoms with E-state index in [2.05, 4.69) is 5.10 Å². The Bertz CT molecular complexity index is 934. The first kappa shape index (κ1) is 28.4. The van der Waals surface area contributed by atoms with Crippen molar-refractivity contribution in [3.63, 3.8) is 0 Å². The van der Waals surface area contributed by atoms with Gasteiger partial charge in [0.1, 0.15) is 12.3 Å². The van der Waals surface area contributed by atoms with E-state index < -0.39 is 44.9 Å². The lowest BCUT2D eigenvalue weighted by Crippen LogP contribution is -2.47. The fraction of sp³-hybridized carbons (Fsp3) is 0.571. The molecule has 1 heterocycles. The number of benzene rings is 1. The van der Waals surface area contributed by atoms with Crippen LogP contribution in [0.5, 0.6) is 0 Å². The van der Waals surface area contributed by atoms with Gasteiger partial charge in [-0.3, -0.25) is 23.7 Å². The number of hydrogen-bond donors (Lipinski definition) is 0. The summed E-state index contributed by atoms with van der Waals surface area (Å²) in [5, 5.41) is 3.04. The molecule has 2 rings (SSSR count). The molecule has 0 amide bonds. The topological polar surface area (TPSA) is 130 Å². The predicted octanol–water partition coefficient (Wildman–Crippen LogP) is 4.29. The molecule has 1 aromatic carbocycles. The Kier molecular flexibility index (Phi) is 10.2. The summed E-state index contributed by atoms with van der Waals surface area (Å²) in [6, 6.07) is 8.28. The molecule has 0 saturated heterocycles. The number of esters is 1. The van der Waals surface area contributed by atoms with E-state index in [9.17, 15) is 18.7 Å². The molecule has 34 heavy (non-hydrogen) atoms. The maximum Gasteiger partial charge on any atom is 0.370 e. The number of nitrogens with zero attached hydrogens (tertiary/aromatic N) is 2. The fourth-order valence-electron chi connectivity index (χ4n) is 3.60. The number of ether oxygens (including phenoxy) is 1. The third kappa shape index (κ3) is 5.35. The zero-order valence-electron chi connectivity index (χ0n) is 20.1. The Morgan fingerprint density at radius 1 is 0.912 bits per heavy atom. The summed E-state index contributed by atoms with van der Waals surface area (Å²) in [6.45, 7) is 5.43. The zero-order valence-corrected chi connectivity index (χ0v) is 21.9. The van der Waals surface area contributed by atoms with Crippen molar-refractivity contribution < 1.29 is 41.6 Å². The van der Waals surface area contributed by atoms with Crippen molar-refractivity contribution in [3.05, 3.63) is 35.9 Å². The first-order chi connectivity index (χ1) is 16.2. The lowest BCUT2D eigenvalue weighted by atomic mass is 10.1. The summed E-state index contributed by atoms with van der Waals surface area (Å²) in [7, 11) is -7.70. The van der Waals surface area contributed by atoms with Gasteiger partial charge in [0.05, 0.1) is 33.5 Å². The maximum atomic E-state index is 14.4. The molecule has 0 spiro atoms. The van der Waals surface area contributed by atoms with Crippen LogP contribution in [-0.4, -0.2) is 67.6 Å². The zero-order chi connectivity index (χ0) is 25.4. The van der Waals surface area contributed by atoms with E-state index >= 15 is 0 Å². The second-order valence-corrected chi connectivity index (χ2v) is 11.8. The van der Waals surface area contributed by atoms with Crippen molar-refractivity contribution in [1.82, 2.24) is 5.01 Å². The summed E-state index contributed by atoms with van der Waals surface area (Å²) in [6.07, 6.45) is -0.466. The van der Waals surface area contributed by atoms with Crippen LogP contribution in [0.15, 0.2) is 35.4 Å². The van der Waals surface area contributed by atoms with E-state index in [0.29, 0.717) is 5.56 Å². The summed E-state index contributed by atoms with van der Waals surface area (Å²) in [5.41, 5.74) is 0.203. The largest absolute Gasteiger partial charge is 0.468 e. The molecule has 0 bridgehead atoms. The van der Waals surface area contributed by atoms with Crippen LogP contribution >= 0.6 is 15.2 Å². The summed E-state index contributed by atoms with van der Waals surface area (Å²) in [5.74, 6) is -1.28. The Labute approximate surface area is 199 Å². The van der Waals surface area contributed by atoms with Crippen LogP contribution in [0.2, 0.25) is 0 Å². The number of Topliss-reactive ketones (excluding diaryl/α,β-unsaturated/α-hetero) is 1. The molecule has 1 aromatic rings. The summed E-state index contributed by atoms with van der Waals surface area (Å²) in [4.78, 5) is 25.6. The molecule has 0 saturated carbocycles. The van der Waals surface area contributed by atoms with E-state index in [4.69, 9.17) is 22.8 Å². The van der Waals surface area contributed by atoms with Gasteiger partial charge >= 0.3 is 21.2 Å². The number of carbonyl (C=O) groups excluding carboxylic acids is 2. The van der Waals surface area contributed by atoms with E-state index in [-0.39, 0.29) is 32.1 Å². The van der Waals surface area contributed by atoms with Crippen LogP contribution in [0.1, 0.15) is 44.5 Å². The minimum Gasteiger partial charge on any atom is -0.468 e. The van der Waals surface area contributed by atoms with Gasteiger partial charge in [0, 0.05) is 12.0 Å². The highest BCUT2D eigenvalue weighted by molar-refractivity contribution is 7.74. The first-order valence-corrected chi connectivity index (χ1v) is 14.1. The quantitative estimate of drug-likeness (QED) is 0.200. The number of ketones is 1.